The second kappa shape index (κ2) is 5.15. The first-order valence-corrected chi connectivity index (χ1v) is 6.33. The van der Waals surface area contributed by atoms with E-state index in [4.69, 9.17) is 4.74 Å². The van der Waals surface area contributed by atoms with E-state index in [0.29, 0.717) is 5.91 Å². The van der Waals surface area contributed by atoms with Crippen LogP contribution in [0.4, 0.5) is 0 Å². The van der Waals surface area contributed by atoms with Crippen LogP contribution in [0.5, 0.6) is 0 Å². The number of hydrogen-bond acceptors (Lipinski definition) is 3. The number of ether oxygens (including phenoxy) is 1. The number of carbonyl (C=O) groups excluding carboxylic acids is 1. The summed E-state index contributed by atoms with van der Waals surface area (Å²) in [7, 11) is 0. The molecule has 2 saturated heterocycles. The molecule has 2 aliphatic rings. The van der Waals surface area contributed by atoms with Crippen LogP contribution in [0.1, 0.15) is 26.7 Å². The van der Waals surface area contributed by atoms with Crippen LogP contribution in [0.3, 0.4) is 0 Å². The van der Waals surface area contributed by atoms with Crippen molar-refractivity contribution in [2.45, 2.75) is 38.8 Å². The predicted molar refractivity (Wildman–Crippen MR) is 62.3 cm³/mol. The van der Waals surface area contributed by atoms with E-state index in [0.717, 1.165) is 45.6 Å². The van der Waals surface area contributed by atoms with Gasteiger partial charge in [0, 0.05) is 26.2 Å². The lowest BCUT2D eigenvalue weighted by Gasteiger charge is -2.36. The Kier molecular flexibility index (Phi) is 3.82. The quantitative estimate of drug-likeness (QED) is 0.695. The summed E-state index contributed by atoms with van der Waals surface area (Å²) >= 11 is 0. The molecule has 0 aromatic rings. The van der Waals surface area contributed by atoms with Gasteiger partial charge in [-0.3, -0.25) is 9.69 Å². The Balaban J connectivity index is 1.89. The Morgan fingerprint density at radius 2 is 2.00 bits per heavy atom. The van der Waals surface area contributed by atoms with E-state index in [1.807, 2.05) is 11.8 Å². The van der Waals surface area contributed by atoms with Crippen LogP contribution in [-0.2, 0) is 9.53 Å². The van der Waals surface area contributed by atoms with Gasteiger partial charge in [-0.15, -0.1) is 0 Å². The first kappa shape index (κ1) is 11.9. The third kappa shape index (κ3) is 2.55. The van der Waals surface area contributed by atoms with Gasteiger partial charge in [-0.05, 0) is 26.7 Å². The van der Waals surface area contributed by atoms with Crippen LogP contribution in [0, 0.1) is 0 Å². The molecule has 0 aromatic heterocycles. The molecule has 4 heteroatoms. The molecule has 0 bridgehead atoms. The van der Waals surface area contributed by atoms with E-state index in [1.165, 1.54) is 0 Å². The van der Waals surface area contributed by atoms with E-state index < -0.39 is 0 Å². The summed E-state index contributed by atoms with van der Waals surface area (Å²) in [6, 6.07) is 0.0180. The van der Waals surface area contributed by atoms with Crippen LogP contribution in [0.25, 0.3) is 0 Å². The standard InChI is InChI=1S/C12H22N2O2/c1-10-9-14(7-8-16-10)11(2)12(15)13-5-3-4-6-13/h10-11H,3-9H2,1-2H3. The monoisotopic (exact) mass is 226 g/mol. The first-order chi connectivity index (χ1) is 7.68. The summed E-state index contributed by atoms with van der Waals surface area (Å²) in [5, 5.41) is 0. The van der Waals surface area contributed by atoms with Crippen molar-refractivity contribution >= 4 is 5.91 Å². The van der Waals surface area contributed by atoms with Gasteiger partial charge in [0.25, 0.3) is 0 Å². The molecule has 2 fully saturated rings. The molecule has 0 radical (unpaired) electrons. The van der Waals surface area contributed by atoms with Gasteiger partial charge in [0.1, 0.15) is 0 Å². The molecule has 2 rings (SSSR count). The van der Waals surface area contributed by atoms with Crippen LogP contribution in [-0.4, -0.2) is 60.6 Å². The van der Waals surface area contributed by atoms with Gasteiger partial charge in [-0.25, -0.2) is 0 Å². The molecule has 0 spiro atoms. The fourth-order valence-corrected chi connectivity index (χ4v) is 2.56. The van der Waals surface area contributed by atoms with Gasteiger partial charge in [0.2, 0.25) is 5.91 Å². The molecule has 0 saturated carbocycles. The summed E-state index contributed by atoms with van der Waals surface area (Å²) in [6.45, 7) is 8.49. The van der Waals surface area contributed by atoms with Gasteiger partial charge in [0.05, 0.1) is 18.8 Å². The normalized spacial score (nSPS) is 29.4. The largest absolute Gasteiger partial charge is 0.376 e. The molecule has 1 amide bonds. The molecule has 0 aromatic carbocycles. The van der Waals surface area contributed by atoms with Gasteiger partial charge in [0.15, 0.2) is 0 Å². The molecule has 92 valence electrons. The van der Waals surface area contributed by atoms with Crippen molar-refractivity contribution in [3.8, 4) is 0 Å². The van der Waals surface area contributed by atoms with Crippen LogP contribution < -0.4 is 0 Å². The van der Waals surface area contributed by atoms with Gasteiger partial charge >= 0.3 is 0 Å². The highest BCUT2D eigenvalue weighted by Gasteiger charge is 2.30. The number of nitrogens with zero attached hydrogens (tertiary/aromatic N) is 2. The minimum absolute atomic E-state index is 0.0180. The van der Waals surface area contributed by atoms with Crippen molar-refractivity contribution in [3.05, 3.63) is 0 Å². The highest BCUT2D eigenvalue weighted by atomic mass is 16.5. The molecular weight excluding hydrogens is 204 g/mol. The zero-order chi connectivity index (χ0) is 11.5. The molecule has 4 nitrogen and oxygen atoms in total. The minimum Gasteiger partial charge on any atom is -0.376 e. The first-order valence-electron chi connectivity index (χ1n) is 6.33. The highest BCUT2D eigenvalue weighted by Crippen LogP contribution is 2.14. The average molecular weight is 226 g/mol. The summed E-state index contributed by atoms with van der Waals surface area (Å²) in [4.78, 5) is 16.4. The third-order valence-corrected chi connectivity index (χ3v) is 3.60. The van der Waals surface area contributed by atoms with E-state index in [9.17, 15) is 4.79 Å². The Bertz CT molecular complexity index is 251. The van der Waals surface area contributed by atoms with E-state index in [-0.39, 0.29) is 12.1 Å². The van der Waals surface area contributed by atoms with Gasteiger partial charge < -0.3 is 9.64 Å². The Hall–Kier alpha value is -0.610. The van der Waals surface area contributed by atoms with Crippen molar-refractivity contribution in [1.82, 2.24) is 9.80 Å². The smallest absolute Gasteiger partial charge is 0.239 e. The Labute approximate surface area is 97.5 Å². The summed E-state index contributed by atoms with van der Waals surface area (Å²) < 4.78 is 5.50. The number of carbonyl (C=O) groups is 1. The summed E-state index contributed by atoms with van der Waals surface area (Å²) in [5.74, 6) is 0.298. The molecule has 0 N–H and O–H groups in total. The second-order valence-electron chi connectivity index (χ2n) is 4.88. The topological polar surface area (TPSA) is 32.8 Å². The molecule has 2 aliphatic heterocycles. The lowest BCUT2D eigenvalue weighted by atomic mass is 10.2. The molecule has 2 unspecified atom stereocenters. The van der Waals surface area contributed by atoms with Crippen molar-refractivity contribution < 1.29 is 9.53 Å². The average Bonchev–Trinajstić information content (AvgIpc) is 2.80. The molecule has 0 aliphatic carbocycles. The molecule has 2 heterocycles. The summed E-state index contributed by atoms with van der Waals surface area (Å²) in [5.41, 5.74) is 0. The van der Waals surface area contributed by atoms with Gasteiger partial charge in [-0.2, -0.15) is 0 Å². The van der Waals surface area contributed by atoms with Crippen LogP contribution >= 0.6 is 0 Å². The number of hydrogen-bond donors (Lipinski definition) is 0. The third-order valence-electron chi connectivity index (χ3n) is 3.60. The van der Waals surface area contributed by atoms with Crippen LogP contribution in [0.2, 0.25) is 0 Å². The van der Waals surface area contributed by atoms with E-state index >= 15 is 0 Å². The second-order valence-corrected chi connectivity index (χ2v) is 4.88. The summed E-state index contributed by atoms with van der Waals surface area (Å²) in [6.07, 6.45) is 2.58. The van der Waals surface area contributed by atoms with E-state index in [2.05, 4.69) is 11.8 Å². The van der Waals surface area contributed by atoms with Crippen molar-refractivity contribution in [3.63, 3.8) is 0 Å². The van der Waals surface area contributed by atoms with Crippen molar-refractivity contribution in [2.75, 3.05) is 32.8 Å². The SMILES string of the molecule is CC1CN(C(C)C(=O)N2CCCC2)CCO1. The lowest BCUT2D eigenvalue weighted by Crippen LogP contribution is -2.52. The lowest BCUT2D eigenvalue weighted by molar-refractivity contribution is -0.138. The van der Waals surface area contributed by atoms with Crippen molar-refractivity contribution in [2.24, 2.45) is 0 Å². The molecule has 16 heavy (non-hydrogen) atoms. The fraction of sp³-hybridized carbons (Fsp3) is 0.917. The Morgan fingerprint density at radius 1 is 1.31 bits per heavy atom. The minimum atomic E-state index is 0.0180. The molecular formula is C12H22N2O2. The maximum absolute atomic E-state index is 12.2. The fourth-order valence-electron chi connectivity index (χ4n) is 2.56. The number of likely N-dealkylation sites (tertiary alicyclic amines) is 1. The number of amides is 1. The van der Waals surface area contributed by atoms with Crippen molar-refractivity contribution in [1.29, 1.82) is 0 Å². The van der Waals surface area contributed by atoms with E-state index in [1.54, 1.807) is 0 Å². The maximum atomic E-state index is 12.2. The predicted octanol–water partition coefficient (Wildman–Crippen LogP) is 0.718. The van der Waals surface area contributed by atoms with Crippen LogP contribution in [0.15, 0.2) is 0 Å². The molecule has 2 atom stereocenters. The zero-order valence-electron chi connectivity index (χ0n) is 10.3. The highest BCUT2D eigenvalue weighted by molar-refractivity contribution is 5.81. The maximum Gasteiger partial charge on any atom is 0.239 e. The Morgan fingerprint density at radius 3 is 2.62 bits per heavy atom. The number of rotatable bonds is 2. The number of morpholine rings is 1. The zero-order valence-corrected chi connectivity index (χ0v) is 10.3. The van der Waals surface area contributed by atoms with Gasteiger partial charge in [-0.1, -0.05) is 0 Å².